The third kappa shape index (κ3) is 5.26. The first kappa shape index (κ1) is 18.4. The van der Waals surface area contributed by atoms with Gasteiger partial charge in [0.1, 0.15) is 0 Å². The van der Waals surface area contributed by atoms with Crippen molar-refractivity contribution >= 4 is 43.7 Å². The zero-order valence-electron chi connectivity index (χ0n) is 11.5. The van der Waals surface area contributed by atoms with Crippen LogP contribution in [0.15, 0.2) is 27.6 Å². The second kappa shape index (κ2) is 7.10. The molecule has 0 bridgehead atoms. The number of benzene rings is 1. The summed E-state index contributed by atoms with van der Waals surface area (Å²) in [5.41, 5.74) is -1.32. The Morgan fingerprint density at radius 1 is 1.48 bits per heavy atom. The molecule has 1 aromatic carbocycles. The van der Waals surface area contributed by atoms with E-state index < -0.39 is 21.6 Å². The highest BCUT2D eigenvalue weighted by molar-refractivity contribution is 9.10. The number of carboxylic acid groups (broad SMARTS) is 1. The van der Waals surface area contributed by atoms with E-state index in [0.29, 0.717) is 5.75 Å². The zero-order valence-corrected chi connectivity index (χ0v) is 14.7. The van der Waals surface area contributed by atoms with Gasteiger partial charge in [0.2, 0.25) is 10.0 Å². The van der Waals surface area contributed by atoms with E-state index in [1.807, 2.05) is 0 Å². The van der Waals surface area contributed by atoms with Gasteiger partial charge in [0.05, 0.1) is 16.1 Å². The molecule has 9 heteroatoms. The number of hydrogen-bond acceptors (Lipinski definition) is 5. The van der Waals surface area contributed by atoms with Gasteiger partial charge in [0.25, 0.3) is 0 Å². The van der Waals surface area contributed by atoms with Gasteiger partial charge in [-0.1, -0.05) is 0 Å². The molecule has 0 aliphatic rings. The Hall–Kier alpha value is -0.610. The summed E-state index contributed by atoms with van der Waals surface area (Å²) in [6.07, 6.45) is 1.80. The van der Waals surface area contributed by atoms with Gasteiger partial charge in [-0.15, -0.1) is 0 Å². The number of sulfonamides is 1. The average Bonchev–Trinajstić information content (AvgIpc) is 2.36. The van der Waals surface area contributed by atoms with Gasteiger partial charge >= 0.3 is 5.97 Å². The van der Waals surface area contributed by atoms with Gasteiger partial charge in [-0.25, -0.2) is 17.9 Å². The smallest absolute Gasteiger partial charge is 0.335 e. The van der Waals surface area contributed by atoms with Crippen molar-refractivity contribution in [1.29, 1.82) is 0 Å². The number of rotatable bonds is 7. The first-order valence-corrected chi connectivity index (χ1v) is 9.50. The highest BCUT2D eigenvalue weighted by Crippen LogP contribution is 2.23. The second-order valence-corrected chi connectivity index (χ2v) is 8.16. The second-order valence-electron chi connectivity index (χ2n) is 4.70. The van der Waals surface area contributed by atoms with Crippen molar-refractivity contribution in [3.05, 3.63) is 28.2 Å². The molecule has 21 heavy (non-hydrogen) atoms. The molecule has 3 N–H and O–H groups in total. The quantitative estimate of drug-likeness (QED) is 0.644. The van der Waals surface area contributed by atoms with Crippen LogP contribution in [-0.4, -0.2) is 48.8 Å². The molecule has 0 spiro atoms. The van der Waals surface area contributed by atoms with Crippen molar-refractivity contribution in [1.82, 2.24) is 4.72 Å². The van der Waals surface area contributed by atoms with E-state index in [1.54, 1.807) is 6.26 Å². The van der Waals surface area contributed by atoms with E-state index >= 15 is 0 Å². The Morgan fingerprint density at radius 2 is 2.10 bits per heavy atom. The summed E-state index contributed by atoms with van der Waals surface area (Å²) in [5, 5.41) is 18.9. The number of aliphatic hydroxyl groups is 1. The topological polar surface area (TPSA) is 104 Å². The van der Waals surface area contributed by atoms with Crippen molar-refractivity contribution in [2.24, 2.45) is 0 Å². The Kier molecular flexibility index (Phi) is 6.23. The number of carbonyl (C=O) groups is 1. The van der Waals surface area contributed by atoms with Gasteiger partial charge in [-0.3, -0.25) is 0 Å². The van der Waals surface area contributed by atoms with Crippen LogP contribution in [-0.2, 0) is 10.0 Å². The summed E-state index contributed by atoms with van der Waals surface area (Å²) >= 11 is 4.48. The first-order chi connectivity index (χ1) is 9.59. The Bertz CT molecular complexity index is 631. The number of nitrogens with one attached hydrogen (secondary N) is 1. The minimum Gasteiger partial charge on any atom is -0.478 e. The molecule has 1 rings (SSSR count). The summed E-state index contributed by atoms with van der Waals surface area (Å²) in [5.74, 6) is -0.848. The van der Waals surface area contributed by atoms with E-state index in [9.17, 15) is 18.3 Å². The van der Waals surface area contributed by atoms with Crippen LogP contribution < -0.4 is 4.72 Å². The lowest BCUT2D eigenvalue weighted by molar-refractivity contribution is 0.0696. The summed E-state index contributed by atoms with van der Waals surface area (Å²) < 4.78 is 27.0. The molecule has 0 saturated heterocycles. The summed E-state index contributed by atoms with van der Waals surface area (Å²) in [6, 6.07) is 3.73. The third-order valence-electron chi connectivity index (χ3n) is 2.57. The highest BCUT2D eigenvalue weighted by atomic mass is 79.9. The molecule has 1 unspecified atom stereocenters. The van der Waals surface area contributed by atoms with E-state index in [2.05, 4.69) is 20.7 Å². The molecular weight excluding hydrogens is 382 g/mol. The van der Waals surface area contributed by atoms with Crippen LogP contribution >= 0.6 is 27.7 Å². The number of carboxylic acids is 1. The van der Waals surface area contributed by atoms with Crippen LogP contribution in [0.4, 0.5) is 0 Å². The summed E-state index contributed by atoms with van der Waals surface area (Å²) in [7, 11) is -3.93. The molecule has 0 aromatic heterocycles. The van der Waals surface area contributed by atoms with Crippen molar-refractivity contribution in [2.45, 2.75) is 17.4 Å². The Labute approximate surface area is 136 Å². The number of hydrogen-bond donors (Lipinski definition) is 3. The number of halogens is 1. The molecular formula is C12H16BrNO5S2. The molecule has 0 aliphatic carbocycles. The largest absolute Gasteiger partial charge is 0.478 e. The van der Waals surface area contributed by atoms with E-state index in [1.165, 1.54) is 30.8 Å². The molecule has 0 amide bonds. The number of thioether (sulfide) groups is 1. The van der Waals surface area contributed by atoms with Crippen LogP contribution in [0.25, 0.3) is 0 Å². The predicted molar refractivity (Wildman–Crippen MR) is 85.3 cm³/mol. The maximum atomic E-state index is 12.2. The van der Waals surface area contributed by atoms with E-state index in [4.69, 9.17) is 5.11 Å². The highest BCUT2D eigenvalue weighted by Gasteiger charge is 2.25. The lowest BCUT2D eigenvalue weighted by atomic mass is 10.1. The minimum atomic E-state index is -3.93. The molecule has 0 fully saturated rings. The van der Waals surface area contributed by atoms with Crippen molar-refractivity contribution < 1.29 is 23.4 Å². The SMILES string of the molecule is CSCC(C)(O)CNS(=O)(=O)c1cc(C(=O)O)ccc1Br. The maximum absolute atomic E-state index is 12.2. The Morgan fingerprint density at radius 3 is 2.62 bits per heavy atom. The maximum Gasteiger partial charge on any atom is 0.335 e. The minimum absolute atomic E-state index is 0.130. The molecule has 0 heterocycles. The van der Waals surface area contributed by atoms with Gasteiger partial charge in [0, 0.05) is 16.8 Å². The van der Waals surface area contributed by atoms with E-state index in [-0.39, 0.29) is 21.5 Å². The monoisotopic (exact) mass is 397 g/mol. The van der Waals surface area contributed by atoms with Gasteiger partial charge in [-0.2, -0.15) is 11.8 Å². The molecule has 6 nitrogen and oxygen atoms in total. The van der Waals surface area contributed by atoms with Crippen LogP contribution in [0, 0.1) is 0 Å². The van der Waals surface area contributed by atoms with E-state index in [0.717, 1.165) is 6.07 Å². The molecule has 0 saturated carbocycles. The predicted octanol–water partition coefficient (Wildman–Crippen LogP) is 1.54. The molecule has 0 aliphatic heterocycles. The lowest BCUT2D eigenvalue weighted by Crippen LogP contribution is -2.42. The standard InChI is InChI=1S/C12H16BrNO5S2/c1-12(17,7-20-2)6-14-21(18,19)10-5-8(11(15)16)3-4-9(10)13/h3-5,14,17H,6-7H2,1-2H3,(H,15,16). The van der Waals surface area contributed by atoms with Crippen LogP contribution in [0.2, 0.25) is 0 Å². The van der Waals surface area contributed by atoms with Gasteiger partial charge in [0.15, 0.2) is 0 Å². The molecule has 1 atom stereocenters. The molecule has 0 radical (unpaired) electrons. The lowest BCUT2D eigenvalue weighted by Gasteiger charge is -2.22. The fourth-order valence-corrected chi connectivity index (χ4v) is 4.41. The third-order valence-corrected chi connectivity index (χ3v) is 5.87. The average molecular weight is 398 g/mol. The van der Waals surface area contributed by atoms with Crippen molar-refractivity contribution in [3.63, 3.8) is 0 Å². The van der Waals surface area contributed by atoms with Crippen LogP contribution in [0.1, 0.15) is 17.3 Å². The van der Waals surface area contributed by atoms with Gasteiger partial charge < -0.3 is 10.2 Å². The van der Waals surface area contributed by atoms with Crippen LogP contribution in [0.5, 0.6) is 0 Å². The zero-order chi connectivity index (χ0) is 16.3. The van der Waals surface area contributed by atoms with Crippen molar-refractivity contribution in [2.75, 3.05) is 18.6 Å². The normalized spacial score (nSPS) is 14.7. The fraction of sp³-hybridized carbons (Fsp3) is 0.417. The van der Waals surface area contributed by atoms with Crippen molar-refractivity contribution in [3.8, 4) is 0 Å². The summed E-state index contributed by atoms with van der Waals surface area (Å²) in [6.45, 7) is 1.36. The first-order valence-electron chi connectivity index (χ1n) is 5.83. The Balaban J connectivity index is 3.03. The fourth-order valence-electron chi connectivity index (χ4n) is 1.53. The number of aromatic carboxylic acids is 1. The summed E-state index contributed by atoms with van der Waals surface area (Å²) in [4.78, 5) is 10.7. The molecule has 1 aromatic rings. The molecule has 118 valence electrons. The van der Waals surface area contributed by atoms with Gasteiger partial charge in [-0.05, 0) is 47.3 Å². The van der Waals surface area contributed by atoms with Crippen LogP contribution in [0.3, 0.4) is 0 Å².